The van der Waals surface area contributed by atoms with Crippen molar-refractivity contribution in [1.29, 1.82) is 0 Å². The number of Topliss-reactive ketones (excluding diaryl/α,β-unsaturated/α-hetero) is 1. The predicted molar refractivity (Wildman–Crippen MR) is 132 cm³/mol. The van der Waals surface area contributed by atoms with Gasteiger partial charge in [-0.1, -0.05) is 22.9 Å². The third kappa shape index (κ3) is 4.96. The van der Waals surface area contributed by atoms with Crippen LogP contribution in [0.25, 0.3) is 22.5 Å². The first-order valence-corrected chi connectivity index (χ1v) is 11.8. The van der Waals surface area contributed by atoms with Crippen molar-refractivity contribution in [2.45, 2.75) is 12.8 Å². The van der Waals surface area contributed by atoms with Gasteiger partial charge >= 0.3 is 0 Å². The van der Waals surface area contributed by atoms with Crippen LogP contribution in [0.2, 0.25) is 4.34 Å². The molecule has 0 N–H and O–H groups in total. The maximum atomic E-state index is 13.5. The number of hydrogen-bond donors (Lipinski definition) is 0. The van der Waals surface area contributed by atoms with Crippen molar-refractivity contribution >= 4 is 28.7 Å². The number of aryl methyl sites for hydroxylation is 1. The Morgan fingerprint density at radius 2 is 1.97 bits per heavy atom. The van der Waals surface area contributed by atoms with Crippen LogP contribution in [0.1, 0.15) is 21.8 Å². The van der Waals surface area contributed by atoms with Crippen molar-refractivity contribution in [3.05, 3.63) is 110 Å². The molecule has 10 heteroatoms. The second-order valence-corrected chi connectivity index (χ2v) is 9.38. The molecule has 0 radical (unpaired) electrons. The van der Waals surface area contributed by atoms with Crippen molar-refractivity contribution in [3.8, 4) is 22.5 Å². The summed E-state index contributed by atoms with van der Waals surface area (Å²) in [7, 11) is 0. The largest absolute Gasteiger partial charge is 0.293 e. The van der Waals surface area contributed by atoms with Gasteiger partial charge in [-0.15, -0.1) is 16.4 Å². The smallest absolute Gasteiger partial charge is 0.255 e. The molecule has 0 amide bonds. The summed E-state index contributed by atoms with van der Waals surface area (Å²) in [5.41, 5.74) is 3.11. The van der Waals surface area contributed by atoms with Crippen molar-refractivity contribution in [1.82, 2.24) is 24.5 Å². The zero-order valence-corrected chi connectivity index (χ0v) is 19.7. The zero-order chi connectivity index (χ0) is 24.4. The molecule has 0 aliphatic heterocycles. The molecule has 4 heterocycles. The summed E-state index contributed by atoms with van der Waals surface area (Å²) in [6.45, 7) is 0. The molecule has 0 saturated heterocycles. The standard InChI is InChI=1S/C25H17ClFN5O2S/c26-23-10-9-22(35-23)21(33)8-5-17-15-32(30-29-17)20-7-6-18(31-12-2-1-3-25(31)34)13-19(20)16-4-11-24(27)28-14-16/h1-4,6-7,9-15H,5,8H2. The minimum Gasteiger partial charge on any atom is -0.293 e. The molecule has 0 unspecified atom stereocenters. The van der Waals surface area contributed by atoms with E-state index in [-0.39, 0.29) is 17.8 Å². The topological polar surface area (TPSA) is 82.7 Å². The maximum Gasteiger partial charge on any atom is 0.255 e. The van der Waals surface area contributed by atoms with E-state index in [1.54, 1.807) is 53.5 Å². The fraction of sp³-hybridized carbons (Fsp3) is 0.0800. The summed E-state index contributed by atoms with van der Waals surface area (Å²) in [5.74, 6) is -0.599. The number of rotatable bonds is 7. The number of thiophene rings is 1. The van der Waals surface area contributed by atoms with E-state index in [2.05, 4.69) is 15.3 Å². The second kappa shape index (κ2) is 9.73. The molecule has 0 saturated carbocycles. The van der Waals surface area contributed by atoms with E-state index in [4.69, 9.17) is 11.6 Å². The SMILES string of the molecule is O=C(CCc1cn(-c2ccc(-n3ccccc3=O)cc2-c2ccc(F)nc2)nn1)c1ccc(Cl)s1. The van der Waals surface area contributed by atoms with Gasteiger partial charge in [-0.25, -0.2) is 9.67 Å². The first-order valence-electron chi connectivity index (χ1n) is 10.6. The molecule has 5 rings (SSSR count). The number of nitrogens with zero attached hydrogens (tertiary/aromatic N) is 5. The second-order valence-electron chi connectivity index (χ2n) is 7.66. The fourth-order valence-electron chi connectivity index (χ4n) is 3.64. The van der Waals surface area contributed by atoms with Crippen LogP contribution in [0.5, 0.6) is 0 Å². The number of benzene rings is 1. The van der Waals surface area contributed by atoms with Crippen LogP contribution in [0.4, 0.5) is 4.39 Å². The van der Waals surface area contributed by atoms with Crippen LogP contribution in [-0.2, 0) is 6.42 Å². The van der Waals surface area contributed by atoms with Gasteiger partial charge in [-0.2, -0.15) is 4.39 Å². The van der Waals surface area contributed by atoms with Gasteiger partial charge in [0.05, 0.1) is 26.8 Å². The monoisotopic (exact) mass is 505 g/mol. The highest BCUT2D eigenvalue weighted by Crippen LogP contribution is 2.29. The Morgan fingerprint density at radius 1 is 1.09 bits per heavy atom. The van der Waals surface area contributed by atoms with Gasteiger partial charge in [0, 0.05) is 48.1 Å². The Morgan fingerprint density at radius 3 is 2.71 bits per heavy atom. The Labute approximate surface area is 208 Å². The first kappa shape index (κ1) is 22.8. The van der Waals surface area contributed by atoms with E-state index in [1.807, 2.05) is 12.1 Å². The Hall–Kier alpha value is -3.95. The van der Waals surface area contributed by atoms with Gasteiger partial charge in [0.1, 0.15) is 0 Å². The van der Waals surface area contributed by atoms with Crippen molar-refractivity contribution in [2.75, 3.05) is 0 Å². The molecule has 0 fully saturated rings. The summed E-state index contributed by atoms with van der Waals surface area (Å²) in [6, 6.07) is 16.6. The van der Waals surface area contributed by atoms with E-state index in [9.17, 15) is 14.0 Å². The number of carbonyl (C=O) groups excluding carboxylic acids is 1. The van der Waals surface area contributed by atoms with Crippen LogP contribution < -0.4 is 5.56 Å². The number of aromatic nitrogens is 5. The van der Waals surface area contributed by atoms with Gasteiger partial charge in [-0.05, 0) is 48.5 Å². The maximum absolute atomic E-state index is 13.5. The predicted octanol–water partition coefficient (Wildman–Crippen LogP) is 5.15. The molecule has 4 aromatic heterocycles. The Kier molecular flexibility index (Phi) is 6.35. The van der Waals surface area contributed by atoms with E-state index >= 15 is 0 Å². The third-order valence-corrected chi connectivity index (χ3v) is 6.64. The van der Waals surface area contributed by atoms with Gasteiger partial charge in [-0.3, -0.25) is 14.2 Å². The molecule has 0 atom stereocenters. The van der Waals surface area contributed by atoms with E-state index < -0.39 is 5.95 Å². The summed E-state index contributed by atoms with van der Waals surface area (Å²) in [5, 5.41) is 8.45. The first-order chi connectivity index (χ1) is 17.0. The molecule has 0 spiro atoms. The lowest BCUT2D eigenvalue weighted by molar-refractivity contribution is 0.0986. The molecular formula is C25H17ClFN5O2S. The molecule has 0 aliphatic carbocycles. The zero-order valence-electron chi connectivity index (χ0n) is 18.1. The summed E-state index contributed by atoms with van der Waals surface area (Å²) >= 11 is 7.17. The number of halogens is 2. The average Bonchev–Trinajstić information content (AvgIpc) is 3.52. The number of pyridine rings is 2. The molecule has 5 aromatic rings. The van der Waals surface area contributed by atoms with Crippen LogP contribution >= 0.6 is 22.9 Å². The van der Waals surface area contributed by atoms with Gasteiger partial charge in [0.2, 0.25) is 5.95 Å². The fourth-order valence-corrected chi connectivity index (χ4v) is 4.65. The van der Waals surface area contributed by atoms with Crippen LogP contribution in [0.15, 0.2) is 84.0 Å². The molecule has 35 heavy (non-hydrogen) atoms. The van der Waals surface area contributed by atoms with Crippen LogP contribution in [0, 0.1) is 5.95 Å². The molecule has 0 bridgehead atoms. The average molecular weight is 506 g/mol. The van der Waals surface area contributed by atoms with Crippen LogP contribution in [-0.4, -0.2) is 30.3 Å². The number of ketones is 1. The quantitative estimate of drug-likeness (QED) is 0.226. The highest BCUT2D eigenvalue weighted by molar-refractivity contribution is 7.18. The van der Waals surface area contributed by atoms with E-state index in [0.717, 1.165) is 0 Å². The van der Waals surface area contributed by atoms with Crippen LogP contribution in [0.3, 0.4) is 0 Å². The lowest BCUT2D eigenvalue weighted by Gasteiger charge is -2.13. The Bertz CT molecular complexity index is 1580. The summed E-state index contributed by atoms with van der Waals surface area (Å²) < 4.78 is 17.2. The van der Waals surface area contributed by atoms with Crippen molar-refractivity contribution in [2.24, 2.45) is 0 Å². The summed E-state index contributed by atoms with van der Waals surface area (Å²) in [4.78, 5) is 29.1. The minimum absolute atomic E-state index is 0.00724. The lowest BCUT2D eigenvalue weighted by Crippen LogP contribution is -2.15. The highest BCUT2D eigenvalue weighted by atomic mass is 35.5. The summed E-state index contributed by atoms with van der Waals surface area (Å²) in [6.07, 6.45) is 5.54. The number of carbonyl (C=O) groups is 1. The molecule has 7 nitrogen and oxygen atoms in total. The highest BCUT2D eigenvalue weighted by Gasteiger charge is 2.15. The lowest BCUT2D eigenvalue weighted by atomic mass is 10.0. The normalized spacial score (nSPS) is 11.0. The van der Waals surface area contributed by atoms with Gasteiger partial charge in [0.15, 0.2) is 5.78 Å². The minimum atomic E-state index is -0.592. The molecular weight excluding hydrogens is 489 g/mol. The van der Waals surface area contributed by atoms with Gasteiger partial charge < -0.3 is 0 Å². The third-order valence-electron chi connectivity index (χ3n) is 5.36. The van der Waals surface area contributed by atoms with E-state index in [0.29, 0.717) is 43.8 Å². The number of hydrogen-bond acceptors (Lipinski definition) is 6. The molecule has 174 valence electrons. The van der Waals surface area contributed by atoms with Crippen molar-refractivity contribution in [3.63, 3.8) is 0 Å². The van der Waals surface area contributed by atoms with Gasteiger partial charge in [0.25, 0.3) is 5.56 Å². The molecule has 1 aromatic carbocycles. The Balaban J connectivity index is 1.48. The van der Waals surface area contributed by atoms with E-state index in [1.165, 1.54) is 34.2 Å². The van der Waals surface area contributed by atoms with Crippen molar-refractivity contribution < 1.29 is 9.18 Å². The molecule has 0 aliphatic rings.